The zero-order chi connectivity index (χ0) is 21.9. The molecule has 1 amide bonds. The molecule has 0 spiro atoms. The highest BCUT2D eigenvalue weighted by atomic mass is 16.3. The highest BCUT2D eigenvalue weighted by molar-refractivity contribution is 5.97. The normalized spacial score (nSPS) is 19.5. The van der Waals surface area contributed by atoms with Gasteiger partial charge in [0.25, 0.3) is 0 Å². The zero-order valence-corrected chi connectivity index (χ0v) is 17.6. The van der Waals surface area contributed by atoms with Crippen molar-refractivity contribution in [2.75, 3.05) is 5.32 Å². The van der Waals surface area contributed by atoms with Crippen LogP contribution in [0.5, 0.6) is 0 Å². The molecule has 0 radical (unpaired) electrons. The molecule has 158 valence electrons. The molecule has 1 aliphatic carbocycles. The molecule has 1 aliphatic rings. The zero-order valence-electron chi connectivity index (χ0n) is 17.6. The van der Waals surface area contributed by atoms with Gasteiger partial charge in [0.2, 0.25) is 5.91 Å². The molecule has 0 fully saturated rings. The maximum atomic E-state index is 13.3. The van der Waals surface area contributed by atoms with Crippen LogP contribution in [0.15, 0.2) is 36.9 Å². The number of nitrogens with one attached hydrogen (secondary N) is 1. The van der Waals surface area contributed by atoms with Crippen LogP contribution in [0, 0.1) is 13.8 Å². The van der Waals surface area contributed by atoms with Gasteiger partial charge in [-0.3, -0.25) is 4.79 Å². The maximum absolute atomic E-state index is 13.3. The lowest BCUT2D eigenvalue weighted by atomic mass is 9.85. The topological polar surface area (TPSA) is 123 Å². The van der Waals surface area contributed by atoms with E-state index in [1.165, 1.54) is 4.80 Å². The Labute approximate surface area is 178 Å². The van der Waals surface area contributed by atoms with Crippen molar-refractivity contribution in [3.05, 3.63) is 59.4 Å². The number of aliphatic hydroxyl groups excluding tert-OH is 1. The summed E-state index contributed by atoms with van der Waals surface area (Å²) in [6.07, 6.45) is 5.44. The first-order valence-electron chi connectivity index (χ1n) is 9.95. The van der Waals surface area contributed by atoms with Crippen LogP contribution in [-0.2, 0) is 10.2 Å². The Balaban J connectivity index is 1.49. The average molecular weight is 418 g/mol. The number of aryl methyl sites for hydroxylation is 2. The standard InChI is InChI=1S/C21H22N8O2/c1-11-7-13(9-23-19(11)29-24-5-6-25-29)26-20(31)16-14-10-22-15-8-12(2)27-28(15)17(14)21(3,4)18(16)30/h5-10,16,18,30H,1-4H3,(H,26,31). The van der Waals surface area contributed by atoms with Gasteiger partial charge in [-0.1, -0.05) is 13.8 Å². The van der Waals surface area contributed by atoms with E-state index in [0.717, 1.165) is 17.0 Å². The molecule has 4 aromatic heterocycles. The lowest BCUT2D eigenvalue weighted by Crippen LogP contribution is -2.37. The number of carbonyl (C=O) groups excluding carboxylic acids is 1. The Kier molecular flexibility index (Phi) is 4.16. The smallest absolute Gasteiger partial charge is 0.234 e. The molecule has 2 unspecified atom stereocenters. The number of aromatic nitrogens is 7. The highest BCUT2D eigenvalue weighted by Crippen LogP contribution is 2.46. The van der Waals surface area contributed by atoms with E-state index in [0.29, 0.717) is 22.7 Å². The predicted octanol–water partition coefficient (Wildman–Crippen LogP) is 1.70. The van der Waals surface area contributed by atoms with Gasteiger partial charge in [0.15, 0.2) is 11.5 Å². The third-order valence-corrected chi connectivity index (χ3v) is 5.84. The molecule has 10 nitrogen and oxygen atoms in total. The van der Waals surface area contributed by atoms with Crippen LogP contribution in [-0.4, -0.2) is 51.7 Å². The summed E-state index contributed by atoms with van der Waals surface area (Å²) in [6, 6.07) is 3.68. The van der Waals surface area contributed by atoms with Crippen LogP contribution in [0.25, 0.3) is 11.5 Å². The summed E-state index contributed by atoms with van der Waals surface area (Å²) in [6.45, 7) is 7.59. The largest absolute Gasteiger partial charge is 0.391 e. The minimum absolute atomic E-state index is 0.324. The number of aliphatic hydroxyl groups is 1. The first-order chi connectivity index (χ1) is 14.8. The van der Waals surface area contributed by atoms with Crippen molar-refractivity contribution in [2.45, 2.75) is 45.1 Å². The summed E-state index contributed by atoms with van der Waals surface area (Å²) in [5.74, 6) is -0.522. The van der Waals surface area contributed by atoms with Crippen molar-refractivity contribution in [1.29, 1.82) is 0 Å². The van der Waals surface area contributed by atoms with Crippen LogP contribution in [0.3, 0.4) is 0 Å². The second-order valence-electron chi connectivity index (χ2n) is 8.43. The third kappa shape index (κ3) is 2.90. The molecule has 0 aromatic carbocycles. The van der Waals surface area contributed by atoms with Gasteiger partial charge >= 0.3 is 0 Å². The number of pyridine rings is 1. The van der Waals surface area contributed by atoms with E-state index in [1.807, 2.05) is 33.8 Å². The van der Waals surface area contributed by atoms with Crippen molar-refractivity contribution >= 4 is 17.2 Å². The second-order valence-corrected chi connectivity index (χ2v) is 8.43. The van der Waals surface area contributed by atoms with E-state index in [4.69, 9.17) is 0 Å². The van der Waals surface area contributed by atoms with Crippen molar-refractivity contribution in [2.24, 2.45) is 0 Å². The molecule has 0 saturated heterocycles. The second kappa shape index (κ2) is 6.67. The minimum atomic E-state index is -0.930. The van der Waals surface area contributed by atoms with E-state index in [-0.39, 0.29) is 5.91 Å². The lowest BCUT2D eigenvalue weighted by molar-refractivity contribution is -0.120. The summed E-state index contributed by atoms with van der Waals surface area (Å²) in [7, 11) is 0. The number of anilines is 1. The van der Waals surface area contributed by atoms with Gasteiger partial charge in [-0.15, -0.1) is 4.80 Å². The number of hydrogen-bond donors (Lipinski definition) is 2. The van der Waals surface area contributed by atoms with Gasteiger partial charge in [0, 0.05) is 23.2 Å². The monoisotopic (exact) mass is 418 g/mol. The van der Waals surface area contributed by atoms with E-state index in [2.05, 4.69) is 30.6 Å². The van der Waals surface area contributed by atoms with Gasteiger partial charge in [-0.05, 0) is 25.5 Å². The third-order valence-electron chi connectivity index (χ3n) is 5.84. The number of rotatable bonds is 3. The predicted molar refractivity (Wildman–Crippen MR) is 112 cm³/mol. The molecule has 4 heterocycles. The molecule has 5 rings (SSSR count). The SMILES string of the molecule is Cc1cc2ncc3c(n2n1)C(C)(C)C(O)C3C(=O)Nc1cnc(-n2nccn2)c(C)c1. The molecule has 2 atom stereocenters. The highest BCUT2D eigenvalue weighted by Gasteiger charge is 2.51. The van der Waals surface area contributed by atoms with E-state index >= 15 is 0 Å². The fraction of sp³-hybridized carbons (Fsp3) is 0.333. The molecule has 31 heavy (non-hydrogen) atoms. The lowest BCUT2D eigenvalue weighted by Gasteiger charge is -2.26. The number of nitrogens with zero attached hydrogens (tertiary/aromatic N) is 7. The fourth-order valence-electron chi connectivity index (χ4n) is 4.34. The number of hydrogen-bond acceptors (Lipinski definition) is 7. The molecule has 4 aromatic rings. The van der Waals surface area contributed by atoms with Crippen molar-refractivity contribution in [1.82, 2.24) is 34.6 Å². The van der Waals surface area contributed by atoms with Crippen molar-refractivity contribution in [3.8, 4) is 5.82 Å². The average Bonchev–Trinajstić information content (AvgIpc) is 3.40. The summed E-state index contributed by atoms with van der Waals surface area (Å²) >= 11 is 0. The Morgan fingerprint density at radius 3 is 2.58 bits per heavy atom. The number of fused-ring (bicyclic) bond motifs is 3. The Bertz CT molecular complexity index is 1310. The van der Waals surface area contributed by atoms with Gasteiger partial charge in [0.1, 0.15) is 0 Å². The van der Waals surface area contributed by atoms with Crippen LogP contribution in [0.4, 0.5) is 5.69 Å². The molecular formula is C21H22N8O2. The van der Waals surface area contributed by atoms with E-state index in [9.17, 15) is 9.90 Å². The van der Waals surface area contributed by atoms with Crippen LogP contribution < -0.4 is 5.32 Å². The van der Waals surface area contributed by atoms with Crippen molar-refractivity contribution < 1.29 is 9.90 Å². The van der Waals surface area contributed by atoms with Crippen LogP contribution in [0.2, 0.25) is 0 Å². The van der Waals surface area contributed by atoms with Crippen LogP contribution in [0.1, 0.15) is 42.3 Å². The summed E-state index contributed by atoms with van der Waals surface area (Å²) < 4.78 is 1.73. The molecule has 0 aliphatic heterocycles. The van der Waals surface area contributed by atoms with Crippen LogP contribution >= 0.6 is 0 Å². The van der Waals surface area contributed by atoms with Crippen molar-refractivity contribution in [3.63, 3.8) is 0 Å². The van der Waals surface area contributed by atoms with E-state index in [1.54, 1.807) is 35.4 Å². The Hall–Kier alpha value is -3.66. The Morgan fingerprint density at radius 2 is 1.87 bits per heavy atom. The van der Waals surface area contributed by atoms with Gasteiger partial charge < -0.3 is 10.4 Å². The molecule has 2 N–H and O–H groups in total. The molecular weight excluding hydrogens is 396 g/mol. The Morgan fingerprint density at radius 1 is 1.13 bits per heavy atom. The molecule has 0 bridgehead atoms. The number of carbonyl (C=O) groups is 1. The minimum Gasteiger partial charge on any atom is -0.391 e. The maximum Gasteiger partial charge on any atom is 0.234 e. The van der Waals surface area contributed by atoms with Gasteiger partial charge in [-0.25, -0.2) is 14.5 Å². The first kappa shape index (κ1) is 19.3. The van der Waals surface area contributed by atoms with Gasteiger partial charge in [-0.2, -0.15) is 15.3 Å². The van der Waals surface area contributed by atoms with Gasteiger partial charge in [0.05, 0.1) is 47.7 Å². The summed E-state index contributed by atoms with van der Waals surface area (Å²) in [5.41, 5.74) is 3.65. The summed E-state index contributed by atoms with van der Waals surface area (Å²) in [4.78, 5) is 23.5. The fourth-order valence-corrected chi connectivity index (χ4v) is 4.34. The summed E-state index contributed by atoms with van der Waals surface area (Å²) in [5, 5.41) is 26.7. The molecule has 10 heteroatoms. The van der Waals surface area contributed by atoms with E-state index < -0.39 is 17.4 Å². The number of amides is 1. The first-order valence-corrected chi connectivity index (χ1v) is 9.95. The molecule has 0 saturated carbocycles. The quantitative estimate of drug-likeness (QED) is 0.519.